The smallest absolute Gasteiger partial charge is 0.303 e. The Kier molecular flexibility index (Phi) is 6.71. The number of ether oxygens (including phenoxy) is 1. The van der Waals surface area contributed by atoms with Gasteiger partial charge in [-0.3, -0.25) is 9.59 Å². The second kappa shape index (κ2) is 7.53. The van der Waals surface area contributed by atoms with E-state index < -0.39 is 12.1 Å². The van der Waals surface area contributed by atoms with Gasteiger partial charge in [0, 0.05) is 24.4 Å². The highest BCUT2D eigenvalue weighted by Crippen LogP contribution is 2.01. The van der Waals surface area contributed by atoms with E-state index in [-0.39, 0.29) is 24.9 Å². The average Bonchev–Trinajstić information content (AvgIpc) is 2.14. The Hall–Kier alpha value is -1.75. The number of hydrogen-bond donors (Lipinski definition) is 1. The third-order valence-corrected chi connectivity index (χ3v) is 1.59. The average molecular weight is 228 g/mol. The molecule has 0 rings (SSSR count). The molecule has 0 bridgehead atoms. The number of nitrogens with one attached hydrogen (secondary N) is 1. The second-order valence-electron chi connectivity index (χ2n) is 3.50. The largest absolute Gasteiger partial charge is 0.452 e. The molecule has 1 amide bonds. The van der Waals surface area contributed by atoms with Crippen LogP contribution in [0.5, 0.6) is 0 Å². The van der Waals surface area contributed by atoms with Gasteiger partial charge in [-0.15, -0.1) is 0 Å². The van der Waals surface area contributed by atoms with Gasteiger partial charge in [-0.1, -0.05) is 5.11 Å². The van der Waals surface area contributed by atoms with Crippen LogP contribution in [0.3, 0.4) is 0 Å². The van der Waals surface area contributed by atoms with Crippen molar-refractivity contribution in [1.82, 2.24) is 5.32 Å². The zero-order chi connectivity index (χ0) is 12.6. The highest BCUT2D eigenvalue weighted by Gasteiger charge is 2.21. The minimum atomic E-state index is -0.898. The van der Waals surface area contributed by atoms with Gasteiger partial charge in [0.2, 0.25) is 0 Å². The highest BCUT2D eigenvalue weighted by atomic mass is 16.5. The quantitative estimate of drug-likeness (QED) is 0.319. The first kappa shape index (κ1) is 14.2. The van der Waals surface area contributed by atoms with Crippen molar-refractivity contribution in [2.45, 2.75) is 39.3 Å². The van der Waals surface area contributed by atoms with Gasteiger partial charge in [0.15, 0.2) is 6.10 Å². The molecule has 7 heteroatoms. The van der Waals surface area contributed by atoms with Gasteiger partial charge in [0.05, 0.1) is 0 Å². The van der Waals surface area contributed by atoms with Crippen LogP contribution in [-0.2, 0) is 14.3 Å². The summed E-state index contributed by atoms with van der Waals surface area (Å²) in [4.78, 5) is 24.9. The van der Waals surface area contributed by atoms with Crippen molar-refractivity contribution in [1.29, 1.82) is 0 Å². The number of rotatable bonds is 6. The van der Waals surface area contributed by atoms with Crippen LogP contribution in [0.1, 0.15) is 27.2 Å². The van der Waals surface area contributed by atoms with Crippen molar-refractivity contribution in [3.63, 3.8) is 0 Å². The molecule has 0 aliphatic rings. The molecule has 0 aromatic heterocycles. The molecule has 0 heterocycles. The molecule has 0 radical (unpaired) electrons. The topological polar surface area (TPSA) is 104 Å². The molecule has 0 fully saturated rings. The molecular formula is C9H16N4O3. The summed E-state index contributed by atoms with van der Waals surface area (Å²) in [6, 6.07) is -0.0370. The minimum Gasteiger partial charge on any atom is -0.452 e. The number of esters is 1. The Morgan fingerprint density at radius 2 is 2.12 bits per heavy atom. The summed E-state index contributed by atoms with van der Waals surface area (Å²) < 4.78 is 4.83. The van der Waals surface area contributed by atoms with Crippen molar-refractivity contribution in [3.8, 4) is 0 Å². The van der Waals surface area contributed by atoms with E-state index in [9.17, 15) is 9.59 Å². The lowest BCUT2D eigenvalue weighted by Gasteiger charge is -2.17. The Balaban J connectivity index is 4.33. The molecule has 0 aliphatic carbocycles. The molecule has 0 spiro atoms. The van der Waals surface area contributed by atoms with Crippen LogP contribution in [0.15, 0.2) is 5.11 Å². The Bertz CT molecular complexity index is 297. The summed E-state index contributed by atoms with van der Waals surface area (Å²) in [5, 5.41) is 5.91. The normalized spacial score (nSPS) is 11.5. The third-order valence-electron chi connectivity index (χ3n) is 1.59. The first-order valence-electron chi connectivity index (χ1n) is 4.95. The third kappa shape index (κ3) is 6.67. The molecule has 0 aromatic carbocycles. The fourth-order valence-electron chi connectivity index (χ4n) is 1.04. The summed E-state index contributed by atoms with van der Waals surface area (Å²) in [5.41, 5.74) is 8.10. The summed E-state index contributed by atoms with van der Waals surface area (Å²) in [5.74, 6) is -0.914. The van der Waals surface area contributed by atoms with Gasteiger partial charge in [0.1, 0.15) is 0 Å². The maximum Gasteiger partial charge on any atom is 0.303 e. The summed E-state index contributed by atoms with van der Waals surface area (Å²) >= 11 is 0. The molecule has 1 unspecified atom stereocenters. The predicted octanol–water partition coefficient (Wildman–Crippen LogP) is 1.14. The fraction of sp³-hybridized carbons (Fsp3) is 0.778. The van der Waals surface area contributed by atoms with E-state index in [2.05, 4.69) is 15.3 Å². The minimum absolute atomic E-state index is 0.0370. The molecule has 90 valence electrons. The number of carbonyl (C=O) groups is 2. The number of hydrogen-bond acceptors (Lipinski definition) is 4. The van der Waals surface area contributed by atoms with E-state index in [1.807, 2.05) is 0 Å². The highest BCUT2D eigenvalue weighted by molar-refractivity contribution is 5.83. The zero-order valence-corrected chi connectivity index (χ0v) is 9.64. The molecule has 1 atom stereocenters. The maximum absolute atomic E-state index is 11.6. The summed E-state index contributed by atoms with van der Waals surface area (Å²) in [7, 11) is 0. The second-order valence-corrected chi connectivity index (χ2v) is 3.50. The van der Waals surface area contributed by atoms with E-state index >= 15 is 0 Å². The van der Waals surface area contributed by atoms with Crippen molar-refractivity contribution in [2.75, 3.05) is 6.54 Å². The van der Waals surface area contributed by atoms with Crippen LogP contribution in [-0.4, -0.2) is 30.6 Å². The van der Waals surface area contributed by atoms with E-state index in [1.165, 1.54) is 6.92 Å². The maximum atomic E-state index is 11.6. The molecule has 7 nitrogen and oxygen atoms in total. The SMILES string of the molecule is CC(=O)OC(CCN=[N+]=[N-])C(=O)NC(C)C. The molecule has 0 aliphatic heterocycles. The van der Waals surface area contributed by atoms with E-state index in [0.29, 0.717) is 0 Å². The summed E-state index contributed by atoms with van der Waals surface area (Å²) in [6.07, 6.45) is -0.715. The first-order chi connectivity index (χ1) is 7.47. The standard InChI is InChI=1S/C9H16N4O3/c1-6(2)12-9(15)8(16-7(3)14)4-5-11-13-10/h6,8H,4-5H2,1-3H3,(H,12,15). The molecule has 0 aromatic rings. The van der Waals surface area contributed by atoms with Crippen molar-refractivity contribution < 1.29 is 14.3 Å². The molecule has 0 saturated carbocycles. The van der Waals surface area contributed by atoms with Gasteiger partial charge in [-0.25, -0.2) is 0 Å². The van der Waals surface area contributed by atoms with E-state index in [0.717, 1.165) is 0 Å². The van der Waals surface area contributed by atoms with Crippen LogP contribution < -0.4 is 5.32 Å². The fourth-order valence-corrected chi connectivity index (χ4v) is 1.04. The van der Waals surface area contributed by atoms with Crippen LogP contribution in [0, 0.1) is 0 Å². The molecular weight excluding hydrogens is 212 g/mol. The van der Waals surface area contributed by atoms with Gasteiger partial charge < -0.3 is 10.1 Å². The van der Waals surface area contributed by atoms with Crippen LogP contribution in [0.2, 0.25) is 0 Å². The monoisotopic (exact) mass is 228 g/mol. The van der Waals surface area contributed by atoms with Crippen molar-refractivity contribution in [2.24, 2.45) is 5.11 Å². The zero-order valence-electron chi connectivity index (χ0n) is 9.64. The lowest BCUT2D eigenvalue weighted by Crippen LogP contribution is -2.41. The molecule has 16 heavy (non-hydrogen) atoms. The lowest BCUT2D eigenvalue weighted by molar-refractivity contribution is -0.154. The van der Waals surface area contributed by atoms with E-state index in [1.54, 1.807) is 13.8 Å². The van der Waals surface area contributed by atoms with Gasteiger partial charge in [-0.2, -0.15) is 0 Å². The predicted molar refractivity (Wildman–Crippen MR) is 57.5 cm³/mol. The molecule has 1 N–H and O–H groups in total. The number of carbonyl (C=O) groups excluding carboxylic acids is 2. The van der Waals surface area contributed by atoms with Crippen molar-refractivity contribution in [3.05, 3.63) is 10.4 Å². The van der Waals surface area contributed by atoms with Crippen LogP contribution in [0.25, 0.3) is 10.4 Å². The number of azide groups is 1. The Labute approximate surface area is 93.8 Å². The first-order valence-corrected chi connectivity index (χ1v) is 4.95. The summed E-state index contributed by atoms with van der Waals surface area (Å²) in [6.45, 7) is 4.94. The Morgan fingerprint density at radius 1 is 1.50 bits per heavy atom. The lowest BCUT2D eigenvalue weighted by atomic mass is 10.2. The Morgan fingerprint density at radius 3 is 2.56 bits per heavy atom. The van der Waals surface area contributed by atoms with Gasteiger partial charge in [-0.05, 0) is 25.8 Å². The van der Waals surface area contributed by atoms with Gasteiger partial charge in [0.25, 0.3) is 5.91 Å². The number of amides is 1. The molecule has 0 saturated heterocycles. The van der Waals surface area contributed by atoms with Gasteiger partial charge >= 0.3 is 5.97 Å². The van der Waals surface area contributed by atoms with E-state index in [4.69, 9.17) is 10.3 Å². The van der Waals surface area contributed by atoms with Crippen LogP contribution in [0.4, 0.5) is 0 Å². The number of nitrogens with zero attached hydrogens (tertiary/aromatic N) is 3. The van der Waals surface area contributed by atoms with Crippen LogP contribution >= 0.6 is 0 Å². The van der Waals surface area contributed by atoms with Crippen molar-refractivity contribution >= 4 is 11.9 Å².